The van der Waals surface area contributed by atoms with E-state index in [2.05, 4.69) is 4.98 Å². The molecule has 1 aromatic heterocycles. The topological polar surface area (TPSA) is 42.4 Å². The first kappa shape index (κ1) is 15.4. The molecule has 118 valence electrons. The Hall–Kier alpha value is -2.47. The molecule has 1 aliphatic heterocycles. The van der Waals surface area contributed by atoms with E-state index in [1.54, 1.807) is 23.2 Å². The first-order valence-electron chi connectivity index (χ1n) is 6.72. The first-order valence-corrected chi connectivity index (χ1v) is 7.10. The van der Waals surface area contributed by atoms with Crippen LogP contribution in [0.3, 0.4) is 0 Å². The normalized spacial score (nSPS) is 13.7. The summed E-state index contributed by atoms with van der Waals surface area (Å²) in [7, 11) is 0. The van der Waals surface area contributed by atoms with Crippen LogP contribution < -0.4 is 4.90 Å². The van der Waals surface area contributed by atoms with Crippen LogP contribution in [0.15, 0.2) is 48.3 Å². The molecular formula is C16H11ClF2N2O2. The minimum Gasteiger partial charge on any atom is -0.456 e. The third-order valence-corrected chi connectivity index (χ3v) is 3.51. The summed E-state index contributed by atoms with van der Waals surface area (Å²) in [5.74, 6) is -1.90. The number of hydrogen-bond donors (Lipinski definition) is 0. The molecule has 1 aromatic carbocycles. The Kier molecular flexibility index (Phi) is 4.25. The molecule has 0 amide bonds. The van der Waals surface area contributed by atoms with E-state index in [1.165, 1.54) is 18.2 Å². The van der Waals surface area contributed by atoms with Gasteiger partial charge in [-0.2, -0.15) is 0 Å². The van der Waals surface area contributed by atoms with Gasteiger partial charge in [-0.1, -0.05) is 17.7 Å². The van der Waals surface area contributed by atoms with E-state index in [1.807, 2.05) is 0 Å². The highest BCUT2D eigenvalue weighted by Crippen LogP contribution is 2.26. The molecular weight excluding hydrogens is 326 g/mol. The fourth-order valence-electron chi connectivity index (χ4n) is 2.26. The summed E-state index contributed by atoms with van der Waals surface area (Å²) >= 11 is 5.75. The highest BCUT2D eigenvalue weighted by molar-refractivity contribution is 6.29. The smallest absolute Gasteiger partial charge is 0.333 e. The number of rotatable bonds is 4. The van der Waals surface area contributed by atoms with Gasteiger partial charge in [0, 0.05) is 30.6 Å². The van der Waals surface area contributed by atoms with Gasteiger partial charge in [0.05, 0.1) is 5.70 Å². The van der Waals surface area contributed by atoms with Crippen molar-refractivity contribution >= 4 is 23.3 Å². The Bertz CT molecular complexity index is 758. The zero-order valence-electron chi connectivity index (χ0n) is 11.8. The van der Waals surface area contributed by atoms with Crippen molar-refractivity contribution in [2.45, 2.75) is 6.54 Å². The van der Waals surface area contributed by atoms with Crippen molar-refractivity contribution in [3.05, 3.63) is 70.7 Å². The predicted octanol–water partition coefficient (Wildman–Crippen LogP) is 3.46. The lowest BCUT2D eigenvalue weighted by molar-refractivity contribution is -0.134. The van der Waals surface area contributed by atoms with Gasteiger partial charge in [0.2, 0.25) is 0 Å². The number of hydrogen-bond acceptors (Lipinski definition) is 4. The average molecular weight is 337 g/mol. The zero-order valence-corrected chi connectivity index (χ0v) is 12.6. The van der Waals surface area contributed by atoms with Crippen LogP contribution in [0.4, 0.5) is 14.5 Å². The minimum atomic E-state index is -0.704. The van der Waals surface area contributed by atoms with Crippen LogP contribution in [0, 0.1) is 11.6 Å². The molecule has 3 rings (SSSR count). The molecule has 0 atom stereocenters. The van der Waals surface area contributed by atoms with Crippen LogP contribution in [0.5, 0.6) is 0 Å². The van der Waals surface area contributed by atoms with Gasteiger partial charge in [0.15, 0.2) is 0 Å². The quantitative estimate of drug-likeness (QED) is 0.633. The summed E-state index contributed by atoms with van der Waals surface area (Å²) in [4.78, 5) is 16.9. The van der Waals surface area contributed by atoms with E-state index >= 15 is 0 Å². The Labute approximate surface area is 136 Å². The van der Waals surface area contributed by atoms with E-state index in [9.17, 15) is 13.6 Å². The van der Waals surface area contributed by atoms with Gasteiger partial charge in [-0.05, 0) is 23.8 Å². The maximum absolute atomic E-state index is 13.5. The largest absolute Gasteiger partial charge is 0.456 e. The molecule has 7 heteroatoms. The molecule has 2 heterocycles. The van der Waals surface area contributed by atoms with Gasteiger partial charge in [0.1, 0.15) is 23.4 Å². The second-order valence-electron chi connectivity index (χ2n) is 4.95. The number of anilines is 1. The maximum Gasteiger partial charge on any atom is 0.333 e. The SMILES string of the molecule is O=C1C=C(N(Cc2ccc(Cl)nc2)c2cc(F)cc(F)c2)CO1. The number of ether oxygens (including phenoxy) is 1. The van der Waals surface area contributed by atoms with E-state index in [0.717, 1.165) is 11.6 Å². The molecule has 0 aliphatic carbocycles. The highest BCUT2D eigenvalue weighted by Gasteiger charge is 2.22. The molecule has 23 heavy (non-hydrogen) atoms. The van der Waals surface area contributed by atoms with Crippen LogP contribution in [0.1, 0.15) is 5.56 Å². The molecule has 0 saturated heterocycles. The van der Waals surface area contributed by atoms with Gasteiger partial charge >= 0.3 is 5.97 Å². The third-order valence-electron chi connectivity index (χ3n) is 3.28. The highest BCUT2D eigenvalue weighted by atomic mass is 35.5. The second kappa shape index (κ2) is 6.34. The minimum absolute atomic E-state index is 0.0397. The summed E-state index contributed by atoms with van der Waals surface area (Å²) in [6, 6.07) is 6.53. The number of halogens is 3. The summed E-state index contributed by atoms with van der Waals surface area (Å²) in [6.07, 6.45) is 2.86. The fourth-order valence-corrected chi connectivity index (χ4v) is 2.37. The van der Waals surface area contributed by atoms with Gasteiger partial charge in [0.25, 0.3) is 0 Å². The lowest BCUT2D eigenvalue weighted by atomic mass is 10.2. The van der Waals surface area contributed by atoms with Crippen LogP contribution in [0.25, 0.3) is 0 Å². The van der Waals surface area contributed by atoms with Crippen LogP contribution >= 0.6 is 11.6 Å². The predicted molar refractivity (Wildman–Crippen MR) is 80.8 cm³/mol. The van der Waals surface area contributed by atoms with Gasteiger partial charge in [-0.25, -0.2) is 18.6 Å². The molecule has 2 aromatic rings. The van der Waals surface area contributed by atoms with Gasteiger partial charge in [-0.15, -0.1) is 0 Å². The molecule has 0 saturated carbocycles. The molecule has 0 unspecified atom stereocenters. The van der Waals surface area contributed by atoms with E-state index in [0.29, 0.717) is 10.9 Å². The first-order chi connectivity index (χ1) is 11.0. The Morgan fingerprint density at radius 1 is 1.22 bits per heavy atom. The van der Waals surface area contributed by atoms with Crippen LogP contribution in [-0.4, -0.2) is 17.6 Å². The standard InChI is InChI=1S/C16H11ClF2N2O2/c17-15-2-1-10(7-20-15)8-21(14-6-16(22)23-9-14)13-4-11(18)3-12(19)5-13/h1-7H,8-9H2. The number of carbonyl (C=O) groups excluding carboxylic acids is 1. The lowest BCUT2D eigenvalue weighted by Gasteiger charge is -2.25. The van der Waals surface area contributed by atoms with E-state index in [-0.39, 0.29) is 18.8 Å². The second-order valence-corrected chi connectivity index (χ2v) is 5.33. The Morgan fingerprint density at radius 3 is 2.52 bits per heavy atom. The zero-order chi connectivity index (χ0) is 16.4. The molecule has 4 nitrogen and oxygen atoms in total. The van der Waals surface area contributed by atoms with Crippen molar-refractivity contribution in [2.75, 3.05) is 11.5 Å². The van der Waals surface area contributed by atoms with Crippen molar-refractivity contribution < 1.29 is 18.3 Å². The molecule has 0 radical (unpaired) electrons. The monoisotopic (exact) mass is 336 g/mol. The average Bonchev–Trinajstić information content (AvgIpc) is 2.92. The summed E-state index contributed by atoms with van der Waals surface area (Å²) < 4.78 is 31.9. The fraction of sp³-hybridized carbons (Fsp3) is 0.125. The van der Waals surface area contributed by atoms with Crippen molar-refractivity contribution in [1.29, 1.82) is 0 Å². The number of aromatic nitrogens is 1. The lowest BCUT2D eigenvalue weighted by Crippen LogP contribution is -2.23. The summed E-state index contributed by atoms with van der Waals surface area (Å²) in [5.41, 5.74) is 1.55. The summed E-state index contributed by atoms with van der Waals surface area (Å²) in [5, 5.41) is 0.343. The summed E-state index contributed by atoms with van der Waals surface area (Å²) in [6.45, 7) is 0.299. The van der Waals surface area contributed by atoms with Crippen molar-refractivity contribution in [3.63, 3.8) is 0 Å². The Morgan fingerprint density at radius 2 is 1.96 bits per heavy atom. The number of esters is 1. The van der Waals surface area contributed by atoms with Crippen LogP contribution in [0.2, 0.25) is 5.15 Å². The molecule has 0 spiro atoms. The number of cyclic esters (lactones) is 1. The molecule has 0 bridgehead atoms. The van der Waals surface area contributed by atoms with Gasteiger partial charge < -0.3 is 9.64 Å². The number of pyridine rings is 1. The maximum atomic E-state index is 13.5. The van der Waals surface area contributed by atoms with E-state index < -0.39 is 17.6 Å². The number of nitrogens with zero attached hydrogens (tertiary/aromatic N) is 2. The third kappa shape index (κ3) is 3.65. The van der Waals surface area contributed by atoms with Crippen molar-refractivity contribution in [1.82, 2.24) is 4.98 Å². The number of carbonyl (C=O) groups is 1. The molecule has 0 fully saturated rings. The van der Waals surface area contributed by atoms with Crippen molar-refractivity contribution in [3.8, 4) is 0 Å². The molecule has 1 aliphatic rings. The van der Waals surface area contributed by atoms with Gasteiger partial charge in [-0.3, -0.25) is 0 Å². The van der Waals surface area contributed by atoms with Crippen molar-refractivity contribution in [2.24, 2.45) is 0 Å². The van der Waals surface area contributed by atoms with E-state index in [4.69, 9.17) is 16.3 Å². The Balaban J connectivity index is 1.98. The number of benzene rings is 1. The molecule has 0 N–H and O–H groups in total. The van der Waals surface area contributed by atoms with Crippen LogP contribution in [-0.2, 0) is 16.1 Å².